The van der Waals surface area contributed by atoms with Crippen molar-refractivity contribution in [2.75, 3.05) is 0 Å². The number of aromatic nitrogens is 2. The van der Waals surface area contributed by atoms with Gasteiger partial charge in [-0.2, -0.15) is 4.98 Å². The monoisotopic (exact) mass is 261 g/mol. The molecule has 1 fully saturated rings. The molecule has 6 heteroatoms. The van der Waals surface area contributed by atoms with Crippen molar-refractivity contribution >= 4 is 5.91 Å². The topological polar surface area (TPSA) is 68.0 Å². The molecule has 1 aromatic carbocycles. The van der Waals surface area contributed by atoms with Gasteiger partial charge >= 0.3 is 0 Å². The van der Waals surface area contributed by atoms with E-state index >= 15 is 0 Å². The second-order valence-electron chi connectivity index (χ2n) is 4.51. The molecule has 98 valence electrons. The molecule has 5 nitrogen and oxygen atoms in total. The van der Waals surface area contributed by atoms with Gasteiger partial charge in [0.15, 0.2) is 5.82 Å². The third-order valence-corrected chi connectivity index (χ3v) is 2.93. The van der Waals surface area contributed by atoms with Gasteiger partial charge in [0.25, 0.3) is 5.89 Å². The number of hydrogen-bond donors (Lipinski definition) is 1. The van der Waals surface area contributed by atoms with Crippen molar-refractivity contribution in [3.63, 3.8) is 0 Å². The standard InChI is InChI=1S/C13H12FN3O2/c14-10-5-3-9(4-6-10)13-16-11(17-19-13)7-15-12(18)8-1-2-8/h3-6,8H,1-2,7H2,(H,15,18). The van der Waals surface area contributed by atoms with Gasteiger partial charge in [-0.1, -0.05) is 5.16 Å². The number of benzene rings is 1. The normalized spacial score (nSPS) is 14.4. The summed E-state index contributed by atoms with van der Waals surface area (Å²) in [5.41, 5.74) is 0.647. The van der Waals surface area contributed by atoms with Crippen LogP contribution in [0.25, 0.3) is 11.5 Å². The van der Waals surface area contributed by atoms with Crippen molar-refractivity contribution in [1.29, 1.82) is 0 Å². The van der Waals surface area contributed by atoms with Crippen molar-refractivity contribution in [2.45, 2.75) is 19.4 Å². The van der Waals surface area contributed by atoms with E-state index in [1.807, 2.05) is 0 Å². The Morgan fingerprint density at radius 2 is 2.11 bits per heavy atom. The van der Waals surface area contributed by atoms with Gasteiger partial charge in [-0.25, -0.2) is 4.39 Å². The van der Waals surface area contributed by atoms with E-state index in [0.29, 0.717) is 17.3 Å². The van der Waals surface area contributed by atoms with E-state index in [1.54, 1.807) is 12.1 Å². The SMILES string of the molecule is O=C(NCc1noc(-c2ccc(F)cc2)n1)C1CC1. The summed E-state index contributed by atoms with van der Waals surface area (Å²) in [4.78, 5) is 15.6. The molecule has 0 unspecified atom stereocenters. The molecule has 3 rings (SSSR count). The van der Waals surface area contributed by atoms with Gasteiger partial charge in [0, 0.05) is 11.5 Å². The summed E-state index contributed by atoms with van der Waals surface area (Å²) in [6.07, 6.45) is 1.91. The Morgan fingerprint density at radius 1 is 1.37 bits per heavy atom. The van der Waals surface area contributed by atoms with E-state index in [0.717, 1.165) is 12.8 Å². The van der Waals surface area contributed by atoms with Gasteiger partial charge in [0.1, 0.15) is 5.82 Å². The van der Waals surface area contributed by atoms with Crippen LogP contribution in [0.15, 0.2) is 28.8 Å². The third kappa shape index (κ3) is 2.78. The number of carbonyl (C=O) groups is 1. The van der Waals surface area contributed by atoms with Crippen LogP contribution in [-0.4, -0.2) is 16.0 Å². The van der Waals surface area contributed by atoms with Crippen molar-refractivity contribution in [2.24, 2.45) is 5.92 Å². The molecule has 0 bridgehead atoms. The zero-order valence-corrected chi connectivity index (χ0v) is 10.1. The number of nitrogens with zero attached hydrogens (tertiary/aromatic N) is 2. The Morgan fingerprint density at radius 3 is 2.79 bits per heavy atom. The number of nitrogens with one attached hydrogen (secondary N) is 1. The highest BCUT2D eigenvalue weighted by Gasteiger charge is 2.29. The van der Waals surface area contributed by atoms with E-state index in [-0.39, 0.29) is 24.2 Å². The summed E-state index contributed by atoms with van der Waals surface area (Å²) in [5, 5.41) is 6.52. The van der Waals surface area contributed by atoms with E-state index in [9.17, 15) is 9.18 Å². The average Bonchev–Trinajstić information content (AvgIpc) is 3.16. The molecule has 0 saturated heterocycles. The van der Waals surface area contributed by atoms with Crippen LogP contribution in [0.1, 0.15) is 18.7 Å². The minimum atomic E-state index is -0.319. The first-order valence-electron chi connectivity index (χ1n) is 6.08. The summed E-state index contributed by atoms with van der Waals surface area (Å²) < 4.78 is 17.8. The highest BCUT2D eigenvalue weighted by molar-refractivity contribution is 5.80. The Bertz CT molecular complexity index is 590. The summed E-state index contributed by atoms with van der Waals surface area (Å²) in [7, 11) is 0. The molecule has 1 aromatic heterocycles. The lowest BCUT2D eigenvalue weighted by Crippen LogP contribution is -2.24. The number of carbonyl (C=O) groups excluding carboxylic acids is 1. The van der Waals surface area contributed by atoms with Crippen LogP contribution in [0.3, 0.4) is 0 Å². The second-order valence-corrected chi connectivity index (χ2v) is 4.51. The van der Waals surface area contributed by atoms with Crippen molar-refractivity contribution in [3.8, 4) is 11.5 Å². The summed E-state index contributed by atoms with van der Waals surface area (Å²) in [5.74, 6) is 0.598. The van der Waals surface area contributed by atoms with E-state index in [1.165, 1.54) is 12.1 Å². The predicted molar refractivity (Wildman–Crippen MR) is 64.3 cm³/mol. The number of rotatable bonds is 4. The maximum Gasteiger partial charge on any atom is 0.257 e. The molecule has 1 heterocycles. The van der Waals surface area contributed by atoms with Gasteiger partial charge in [-0.3, -0.25) is 4.79 Å². The van der Waals surface area contributed by atoms with Crippen LogP contribution in [0.5, 0.6) is 0 Å². The number of amides is 1. The van der Waals surface area contributed by atoms with E-state index < -0.39 is 0 Å². The first kappa shape index (κ1) is 11.8. The predicted octanol–water partition coefficient (Wildman–Crippen LogP) is 1.90. The third-order valence-electron chi connectivity index (χ3n) is 2.93. The Labute approximate surface area is 108 Å². The van der Waals surface area contributed by atoms with Crippen LogP contribution in [0.2, 0.25) is 0 Å². The second kappa shape index (κ2) is 4.79. The van der Waals surface area contributed by atoms with Gasteiger partial charge in [-0.15, -0.1) is 0 Å². The van der Waals surface area contributed by atoms with Crippen LogP contribution in [0.4, 0.5) is 4.39 Å². The molecular formula is C13H12FN3O2. The molecule has 0 aliphatic heterocycles. The average molecular weight is 261 g/mol. The number of halogens is 1. The molecule has 19 heavy (non-hydrogen) atoms. The van der Waals surface area contributed by atoms with Crippen molar-refractivity contribution in [1.82, 2.24) is 15.5 Å². The van der Waals surface area contributed by atoms with Crippen molar-refractivity contribution in [3.05, 3.63) is 35.9 Å². The number of hydrogen-bond acceptors (Lipinski definition) is 4. The summed E-state index contributed by atoms with van der Waals surface area (Å²) >= 11 is 0. The van der Waals surface area contributed by atoms with Gasteiger partial charge in [0.05, 0.1) is 6.54 Å². The van der Waals surface area contributed by atoms with Gasteiger partial charge < -0.3 is 9.84 Å². The Hall–Kier alpha value is -2.24. The van der Waals surface area contributed by atoms with Crippen LogP contribution in [0, 0.1) is 11.7 Å². The molecule has 1 amide bonds. The summed E-state index contributed by atoms with van der Waals surface area (Å²) in [6.45, 7) is 0.250. The minimum absolute atomic E-state index is 0.0353. The molecule has 0 radical (unpaired) electrons. The lowest BCUT2D eigenvalue weighted by atomic mass is 10.2. The first-order chi connectivity index (χ1) is 9.22. The summed E-state index contributed by atoms with van der Waals surface area (Å²) in [6, 6.07) is 5.78. The van der Waals surface area contributed by atoms with Crippen molar-refractivity contribution < 1.29 is 13.7 Å². The fraction of sp³-hybridized carbons (Fsp3) is 0.308. The highest BCUT2D eigenvalue weighted by Crippen LogP contribution is 2.28. The lowest BCUT2D eigenvalue weighted by Gasteiger charge is -1.98. The lowest BCUT2D eigenvalue weighted by molar-refractivity contribution is -0.122. The maximum absolute atomic E-state index is 12.8. The van der Waals surface area contributed by atoms with E-state index in [2.05, 4.69) is 15.5 Å². The highest BCUT2D eigenvalue weighted by atomic mass is 19.1. The fourth-order valence-electron chi connectivity index (χ4n) is 1.69. The molecular weight excluding hydrogens is 249 g/mol. The Kier molecular flexibility index (Phi) is 2.98. The van der Waals surface area contributed by atoms with Crippen LogP contribution in [-0.2, 0) is 11.3 Å². The van der Waals surface area contributed by atoms with Gasteiger partial charge in [-0.05, 0) is 37.1 Å². The van der Waals surface area contributed by atoms with E-state index in [4.69, 9.17) is 4.52 Å². The van der Waals surface area contributed by atoms with Gasteiger partial charge in [0.2, 0.25) is 5.91 Å². The molecule has 0 spiro atoms. The zero-order valence-electron chi connectivity index (χ0n) is 10.1. The molecule has 1 saturated carbocycles. The Balaban J connectivity index is 1.65. The smallest absolute Gasteiger partial charge is 0.257 e. The molecule has 0 atom stereocenters. The quantitative estimate of drug-likeness (QED) is 0.912. The molecule has 1 aliphatic carbocycles. The maximum atomic E-state index is 12.8. The van der Waals surface area contributed by atoms with Crippen LogP contribution < -0.4 is 5.32 Å². The molecule has 2 aromatic rings. The minimum Gasteiger partial charge on any atom is -0.348 e. The zero-order chi connectivity index (χ0) is 13.2. The first-order valence-corrected chi connectivity index (χ1v) is 6.08. The fourth-order valence-corrected chi connectivity index (χ4v) is 1.69. The van der Waals surface area contributed by atoms with Crippen LogP contribution >= 0.6 is 0 Å². The largest absolute Gasteiger partial charge is 0.348 e. The molecule has 1 N–H and O–H groups in total. The molecule has 1 aliphatic rings.